The molecule has 2 aliphatic rings. The quantitative estimate of drug-likeness (QED) is 0.886. The summed E-state index contributed by atoms with van der Waals surface area (Å²) in [6.07, 6.45) is 6.54. The Balaban J connectivity index is 1.57. The molecule has 1 heterocycles. The molecule has 1 saturated carbocycles. The van der Waals surface area contributed by atoms with Gasteiger partial charge in [-0.3, -0.25) is 9.59 Å². The Morgan fingerprint density at radius 2 is 2.04 bits per heavy atom. The maximum absolute atomic E-state index is 12.2. The fourth-order valence-corrected chi connectivity index (χ4v) is 4.64. The molecule has 0 bridgehead atoms. The van der Waals surface area contributed by atoms with Gasteiger partial charge in [-0.25, -0.2) is 0 Å². The van der Waals surface area contributed by atoms with E-state index in [9.17, 15) is 9.59 Å². The first-order valence-electron chi connectivity index (χ1n) is 8.96. The van der Waals surface area contributed by atoms with Crippen LogP contribution < -0.4 is 5.32 Å². The van der Waals surface area contributed by atoms with Gasteiger partial charge in [-0.1, -0.05) is 25.8 Å². The van der Waals surface area contributed by atoms with E-state index in [1.54, 1.807) is 11.8 Å². The van der Waals surface area contributed by atoms with E-state index in [0.717, 1.165) is 24.2 Å². The second kappa shape index (κ2) is 8.06. The minimum atomic E-state index is 0.0733. The van der Waals surface area contributed by atoms with Crippen LogP contribution in [0.3, 0.4) is 0 Å². The van der Waals surface area contributed by atoms with Crippen LogP contribution in [0.5, 0.6) is 0 Å². The van der Waals surface area contributed by atoms with E-state index in [-0.39, 0.29) is 11.8 Å². The summed E-state index contributed by atoms with van der Waals surface area (Å²) in [6, 6.07) is 6.10. The zero-order valence-electron chi connectivity index (χ0n) is 14.3. The molecule has 1 aliphatic carbocycles. The molecule has 1 fully saturated rings. The van der Waals surface area contributed by atoms with Crippen LogP contribution in [0, 0.1) is 0 Å². The predicted octanol–water partition coefficient (Wildman–Crippen LogP) is 3.60. The largest absolute Gasteiger partial charge is 0.338 e. The number of nitrogens with zero attached hydrogens (tertiary/aromatic N) is 1. The molecule has 0 radical (unpaired) electrons. The molecule has 3 rings (SSSR count). The number of carbonyl (C=O) groups excluding carboxylic acids is 2. The molecular weight excluding hydrogens is 320 g/mol. The van der Waals surface area contributed by atoms with Gasteiger partial charge in [0.2, 0.25) is 11.8 Å². The molecule has 24 heavy (non-hydrogen) atoms. The van der Waals surface area contributed by atoms with Gasteiger partial charge in [0.1, 0.15) is 0 Å². The maximum Gasteiger partial charge on any atom is 0.234 e. The van der Waals surface area contributed by atoms with Gasteiger partial charge in [0.15, 0.2) is 0 Å². The Kier molecular flexibility index (Phi) is 5.82. The Hall–Kier alpha value is -1.49. The molecule has 0 saturated heterocycles. The topological polar surface area (TPSA) is 49.4 Å². The van der Waals surface area contributed by atoms with Crippen LogP contribution in [0.25, 0.3) is 0 Å². The third kappa shape index (κ3) is 4.32. The molecule has 1 aromatic carbocycles. The van der Waals surface area contributed by atoms with Gasteiger partial charge in [-0.15, -0.1) is 11.8 Å². The molecule has 4 nitrogen and oxygen atoms in total. The highest BCUT2D eigenvalue weighted by molar-refractivity contribution is 8.00. The van der Waals surface area contributed by atoms with Crippen molar-refractivity contribution in [2.45, 2.75) is 57.2 Å². The van der Waals surface area contributed by atoms with E-state index >= 15 is 0 Å². The lowest BCUT2D eigenvalue weighted by Gasteiger charge is -2.29. The second-order valence-electron chi connectivity index (χ2n) is 6.67. The predicted molar refractivity (Wildman–Crippen MR) is 99.2 cm³/mol. The van der Waals surface area contributed by atoms with Crippen LogP contribution in [0.4, 0.5) is 5.69 Å². The van der Waals surface area contributed by atoms with E-state index in [0.29, 0.717) is 24.0 Å². The van der Waals surface area contributed by atoms with E-state index in [1.807, 2.05) is 24.0 Å². The van der Waals surface area contributed by atoms with Crippen LogP contribution in [0.15, 0.2) is 18.2 Å². The van der Waals surface area contributed by atoms with Crippen LogP contribution in [-0.2, 0) is 22.6 Å². The summed E-state index contributed by atoms with van der Waals surface area (Å²) in [5.74, 6) is 0.801. The molecule has 130 valence electrons. The number of fused-ring (bicyclic) bond motifs is 1. The van der Waals surface area contributed by atoms with Crippen molar-refractivity contribution in [1.82, 2.24) is 4.90 Å². The van der Waals surface area contributed by atoms with Crippen molar-refractivity contribution in [1.29, 1.82) is 0 Å². The van der Waals surface area contributed by atoms with Crippen LogP contribution in [0.2, 0.25) is 0 Å². The van der Waals surface area contributed by atoms with E-state index in [2.05, 4.69) is 11.4 Å². The Morgan fingerprint density at radius 3 is 2.79 bits per heavy atom. The molecule has 0 spiro atoms. The molecule has 1 N–H and O–H groups in total. The third-order valence-electron chi connectivity index (χ3n) is 4.91. The molecule has 1 aliphatic heterocycles. The van der Waals surface area contributed by atoms with Crippen LogP contribution >= 0.6 is 11.8 Å². The summed E-state index contributed by atoms with van der Waals surface area (Å²) >= 11 is 1.78. The lowest BCUT2D eigenvalue weighted by Crippen LogP contribution is -2.35. The van der Waals surface area contributed by atoms with Crippen molar-refractivity contribution in [2.75, 3.05) is 17.6 Å². The number of hydrogen-bond acceptors (Lipinski definition) is 3. The average molecular weight is 346 g/mol. The van der Waals surface area contributed by atoms with E-state index < -0.39 is 0 Å². The van der Waals surface area contributed by atoms with Gasteiger partial charge in [-0.2, -0.15) is 0 Å². The Labute approximate surface area is 148 Å². The smallest absolute Gasteiger partial charge is 0.234 e. The minimum absolute atomic E-state index is 0.0733. The number of thioether (sulfide) groups is 1. The first kappa shape index (κ1) is 17.3. The number of hydrogen-bond donors (Lipinski definition) is 1. The first-order valence-corrected chi connectivity index (χ1v) is 10.0. The molecule has 1 aromatic rings. The van der Waals surface area contributed by atoms with Crippen molar-refractivity contribution in [2.24, 2.45) is 0 Å². The van der Waals surface area contributed by atoms with E-state index in [1.165, 1.54) is 31.2 Å². The van der Waals surface area contributed by atoms with Gasteiger partial charge in [0.05, 0.1) is 5.75 Å². The highest BCUT2D eigenvalue weighted by Crippen LogP contribution is 2.29. The summed E-state index contributed by atoms with van der Waals surface area (Å²) in [5, 5.41) is 3.67. The van der Waals surface area contributed by atoms with Crippen molar-refractivity contribution in [3.8, 4) is 0 Å². The van der Waals surface area contributed by atoms with Crippen molar-refractivity contribution in [3.05, 3.63) is 29.3 Å². The molecule has 5 heteroatoms. The fraction of sp³-hybridized carbons (Fsp3) is 0.579. The normalized spacial score (nSPS) is 17.6. The standard InChI is InChI=1S/C19H26N2O2S/c1-2-19(23)21-10-9-14-7-8-16(11-15(14)12-21)20-18(22)13-24-17-5-3-4-6-17/h7-8,11,17H,2-6,9-10,12-13H2,1H3,(H,20,22). The zero-order valence-corrected chi connectivity index (χ0v) is 15.2. The minimum Gasteiger partial charge on any atom is -0.338 e. The summed E-state index contributed by atoms with van der Waals surface area (Å²) in [4.78, 5) is 26.0. The first-order chi connectivity index (χ1) is 11.7. The van der Waals surface area contributed by atoms with Gasteiger partial charge in [0, 0.05) is 30.4 Å². The monoisotopic (exact) mass is 346 g/mol. The van der Waals surface area contributed by atoms with Crippen molar-refractivity contribution < 1.29 is 9.59 Å². The van der Waals surface area contributed by atoms with Crippen molar-refractivity contribution >= 4 is 29.3 Å². The summed E-state index contributed by atoms with van der Waals surface area (Å²) < 4.78 is 0. The van der Waals surface area contributed by atoms with Crippen LogP contribution in [0.1, 0.15) is 50.2 Å². The second-order valence-corrected chi connectivity index (χ2v) is 7.96. The van der Waals surface area contributed by atoms with Gasteiger partial charge in [-0.05, 0) is 42.5 Å². The average Bonchev–Trinajstić information content (AvgIpc) is 3.12. The van der Waals surface area contributed by atoms with Crippen LogP contribution in [-0.4, -0.2) is 34.3 Å². The molecule has 0 atom stereocenters. The van der Waals surface area contributed by atoms with Crippen molar-refractivity contribution in [3.63, 3.8) is 0 Å². The molecule has 0 aromatic heterocycles. The summed E-state index contributed by atoms with van der Waals surface area (Å²) in [5.41, 5.74) is 3.29. The summed E-state index contributed by atoms with van der Waals surface area (Å²) in [7, 11) is 0. The molecular formula is C19H26N2O2S. The number of amides is 2. The van der Waals surface area contributed by atoms with Gasteiger partial charge in [0.25, 0.3) is 0 Å². The van der Waals surface area contributed by atoms with Gasteiger partial charge >= 0.3 is 0 Å². The highest BCUT2D eigenvalue weighted by atomic mass is 32.2. The zero-order chi connectivity index (χ0) is 16.9. The third-order valence-corrected chi connectivity index (χ3v) is 6.28. The lowest BCUT2D eigenvalue weighted by molar-refractivity contribution is -0.131. The van der Waals surface area contributed by atoms with E-state index in [4.69, 9.17) is 0 Å². The highest BCUT2D eigenvalue weighted by Gasteiger charge is 2.20. The number of rotatable bonds is 5. The number of carbonyl (C=O) groups is 2. The SMILES string of the molecule is CCC(=O)N1CCc2ccc(NC(=O)CSC3CCCC3)cc2C1. The molecule has 0 unspecified atom stereocenters. The maximum atomic E-state index is 12.2. The Bertz CT molecular complexity index is 611. The number of anilines is 1. The Morgan fingerprint density at radius 1 is 1.25 bits per heavy atom. The van der Waals surface area contributed by atoms with Gasteiger partial charge < -0.3 is 10.2 Å². The molecule has 2 amide bonds. The number of nitrogens with one attached hydrogen (secondary N) is 1. The lowest BCUT2D eigenvalue weighted by atomic mass is 9.99. The number of benzene rings is 1. The fourth-order valence-electron chi connectivity index (χ4n) is 3.52. The summed E-state index contributed by atoms with van der Waals surface area (Å²) in [6.45, 7) is 3.35.